The molecule has 0 spiro atoms. The smallest absolute Gasteiger partial charge is 0.324 e. The first-order valence-corrected chi connectivity index (χ1v) is 4.32. The number of ether oxygens (including phenoxy) is 1. The molecule has 1 unspecified atom stereocenters. The summed E-state index contributed by atoms with van der Waals surface area (Å²) < 4.78 is 4.53. The van der Waals surface area contributed by atoms with Crippen LogP contribution in [0.15, 0.2) is 0 Å². The molecule has 66 valence electrons. The molecule has 0 rings (SSSR count). The zero-order chi connectivity index (χ0) is 8.85. The van der Waals surface area contributed by atoms with Crippen molar-refractivity contribution in [1.29, 1.82) is 0 Å². The molecule has 2 nitrogen and oxygen atoms in total. The minimum absolute atomic E-state index is 0.240. The van der Waals surface area contributed by atoms with Crippen molar-refractivity contribution in [1.82, 2.24) is 0 Å². The number of carbonyl (C=O) groups excluding carboxylic acids is 1. The van der Waals surface area contributed by atoms with E-state index in [0.29, 0.717) is 0 Å². The van der Waals surface area contributed by atoms with Crippen molar-refractivity contribution < 1.29 is 9.53 Å². The molecule has 0 aliphatic rings. The molecule has 0 aromatic carbocycles. The summed E-state index contributed by atoms with van der Waals surface area (Å²) >= 11 is 5.82. The number of rotatable bonds is 4. The van der Waals surface area contributed by atoms with Crippen molar-refractivity contribution in [2.75, 3.05) is 7.11 Å². The van der Waals surface area contributed by atoms with Crippen LogP contribution in [-0.2, 0) is 9.53 Å². The van der Waals surface area contributed by atoms with Gasteiger partial charge in [0.1, 0.15) is 5.38 Å². The van der Waals surface area contributed by atoms with Crippen LogP contribution < -0.4 is 0 Å². The average molecular weight is 179 g/mol. The molecule has 0 amide bonds. The predicted molar refractivity (Wildman–Crippen MR) is 45.7 cm³/mol. The first-order valence-electron chi connectivity index (χ1n) is 3.89. The summed E-state index contributed by atoms with van der Waals surface area (Å²) in [7, 11) is 1.36. The van der Waals surface area contributed by atoms with Crippen LogP contribution in [0.3, 0.4) is 0 Å². The molecular formula is C8H15ClO2. The standard InChI is InChI=1S/C8H15ClO2/c1-4-6(5-2)7(9)8(10)11-3/h6-7H,4-5H2,1-3H3. The molecule has 0 fully saturated rings. The van der Waals surface area contributed by atoms with Gasteiger partial charge in [0.05, 0.1) is 7.11 Å². The Kier molecular flexibility index (Phi) is 5.30. The van der Waals surface area contributed by atoms with E-state index in [1.807, 2.05) is 13.8 Å². The minimum atomic E-state index is -0.477. The Balaban J connectivity index is 3.97. The second-order valence-electron chi connectivity index (χ2n) is 2.50. The highest BCUT2D eigenvalue weighted by Gasteiger charge is 2.23. The molecular weight excluding hydrogens is 164 g/mol. The van der Waals surface area contributed by atoms with Gasteiger partial charge in [0.25, 0.3) is 0 Å². The second-order valence-corrected chi connectivity index (χ2v) is 2.97. The highest BCUT2D eigenvalue weighted by Crippen LogP contribution is 2.19. The normalized spacial score (nSPS) is 13.2. The molecule has 0 saturated carbocycles. The Morgan fingerprint density at radius 2 is 1.91 bits per heavy atom. The summed E-state index contributed by atoms with van der Waals surface area (Å²) in [6.07, 6.45) is 1.83. The molecule has 0 N–H and O–H groups in total. The van der Waals surface area contributed by atoms with Gasteiger partial charge < -0.3 is 4.74 Å². The van der Waals surface area contributed by atoms with E-state index in [2.05, 4.69) is 4.74 Å². The summed E-state index contributed by atoms with van der Waals surface area (Å²) in [5, 5.41) is -0.477. The molecule has 1 atom stereocenters. The van der Waals surface area contributed by atoms with Crippen LogP contribution in [0.5, 0.6) is 0 Å². The van der Waals surface area contributed by atoms with Crippen LogP contribution in [0.1, 0.15) is 26.7 Å². The average Bonchev–Trinajstić information content (AvgIpc) is 2.05. The summed E-state index contributed by atoms with van der Waals surface area (Å²) in [4.78, 5) is 10.9. The number of esters is 1. The fourth-order valence-corrected chi connectivity index (χ4v) is 1.45. The Morgan fingerprint density at radius 1 is 1.45 bits per heavy atom. The molecule has 0 aromatic heterocycles. The van der Waals surface area contributed by atoms with Crippen molar-refractivity contribution >= 4 is 17.6 Å². The van der Waals surface area contributed by atoms with Crippen LogP contribution in [0.4, 0.5) is 0 Å². The Morgan fingerprint density at radius 3 is 2.18 bits per heavy atom. The Hall–Kier alpha value is -0.240. The van der Waals surface area contributed by atoms with Crippen LogP contribution in [0.25, 0.3) is 0 Å². The van der Waals surface area contributed by atoms with Crippen molar-refractivity contribution in [3.63, 3.8) is 0 Å². The lowest BCUT2D eigenvalue weighted by Crippen LogP contribution is -2.24. The van der Waals surface area contributed by atoms with Crippen LogP contribution in [0, 0.1) is 5.92 Å². The van der Waals surface area contributed by atoms with E-state index in [1.54, 1.807) is 0 Å². The summed E-state index contributed by atoms with van der Waals surface area (Å²) in [5.74, 6) is -0.0792. The number of halogens is 1. The highest BCUT2D eigenvalue weighted by atomic mass is 35.5. The van der Waals surface area contributed by atoms with Crippen molar-refractivity contribution in [3.8, 4) is 0 Å². The maximum atomic E-state index is 10.9. The van der Waals surface area contributed by atoms with Gasteiger partial charge in [-0.2, -0.15) is 0 Å². The fraction of sp³-hybridized carbons (Fsp3) is 0.875. The molecule has 0 heterocycles. The lowest BCUT2D eigenvalue weighted by Gasteiger charge is -2.16. The monoisotopic (exact) mass is 178 g/mol. The molecule has 11 heavy (non-hydrogen) atoms. The third-order valence-electron chi connectivity index (χ3n) is 1.89. The SMILES string of the molecule is CCC(CC)C(Cl)C(=O)OC. The minimum Gasteiger partial charge on any atom is -0.468 e. The van der Waals surface area contributed by atoms with E-state index in [4.69, 9.17) is 11.6 Å². The van der Waals surface area contributed by atoms with E-state index in [9.17, 15) is 4.79 Å². The lowest BCUT2D eigenvalue weighted by atomic mass is 9.99. The van der Waals surface area contributed by atoms with Gasteiger partial charge in [0, 0.05) is 0 Å². The molecule has 0 aliphatic heterocycles. The van der Waals surface area contributed by atoms with Crippen molar-refractivity contribution in [3.05, 3.63) is 0 Å². The van der Waals surface area contributed by atoms with Crippen molar-refractivity contribution in [2.45, 2.75) is 32.1 Å². The number of carbonyl (C=O) groups is 1. The van der Waals surface area contributed by atoms with Gasteiger partial charge in [-0.05, 0) is 5.92 Å². The third-order valence-corrected chi connectivity index (χ3v) is 2.42. The van der Waals surface area contributed by atoms with Gasteiger partial charge in [-0.25, -0.2) is 0 Å². The van der Waals surface area contributed by atoms with Gasteiger partial charge >= 0.3 is 5.97 Å². The topological polar surface area (TPSA) is 26.3 Å². The number of alkyl halides is 1. The van der Waals surface area contributed by atoms with Crippen molar-refractivity contribution in [2.24, 2.45) is 5.92 Å². The maximum absolute atomic E-state index is 10.9. The van der Waals surface area contributed by atoms with E-state index in [-0.39, 0.29) is 11.9 Å². The first-order chi connectivity index (χ1) is 5.17. The third kappa shape index (κ3) is 3.10. The zero-order valence-corrected chi connectivity index (χ0v) is 8.02. The van der Waals surface area contributed by atoms with Gasteiger partial charge in [-0.1, -0.05) is 26.7 Å². The molecule has 0 radical (unpaired) electrons. The molecule has 3 heteroatoms. The van der Waals surface area contributed by atoms with E-state index >= 15 is 0 Å². The van der Waals surface area contributed by atoms with Gasteiger partial charge in [0.15, 0.2) is 0 Å². The van der Waals surface area contributed by atoms with Gasteiger partial charge in [-0.3, -0.25) is 4.79 Å². The largest absolute Gasteiger partial charge is 0.468 e. The molecule has 0 saturated heterocycles. The Bertz CT molecular complexity index is 121. The molecule has 0 aliphatic carbocycles. The lowest BCUT2D eigenvalue weighted by molar-refractivity contribution is -0.141. The predicted octanol–water partition coefficient (Wildman–Crippen LogP) is 2.20. The fourth-order valence-electron chi connectivity index (χ4n) is 1.01. The van der Waals surface area contributed by atoms with Crippen LogP contribution in [-0.4, -0.2) is 18.5 Å². The number of methoxy groups -OCH3 is 1. The summed E-state index contributed by atoms with van der Waals surface area (Å²) in [6.45, 7) is 4.04. The van der Waals surface area contributed by atoms with Gasteiger partial charge in [-0.15, -0.1) is 11.6 Å². The maximum Gasteiger partial charge on any atom is 0.324 e. The molecule has 0 aromatic rings. The zero-order valence-electron chi connectivity index (χ0n) is 7.26. The van der Waals surface area contributed by atoms with E-state index in [0.717, 1.165) is 12.8 Å². The first kappa shape index (κ1) is 10.8. The Labute approximate surface area is 72.9 Å². The van der Waals surface area contributed by atoms with Crippen LogP contribution >= 0.6 is 11.6 Å². The van der Waals surface area contributed by atoms with Crippen LogP contribution in [0.2, 0.25) is 0 Å². The quantitative estimate of drug-likeness (QED) is 0.488. The molecule has 0 bridgehead atoms. The highest BCUT2D eigenvalue weighted by molar-refractivity contribution is 6.30. The number of hydrogen-bond acceptors (Lipinski definition) is 2. The summed E-state index contributed by atoms with van der Waals surface area (Å²) in [6, 6.07) is 0. The number of hydrogen-bond donors (Lipinski definition) is 0. The van der Waals surface area contributed by atoms with E-state index < -0.39 is 5.38 Å². The summed E-state index contributed by atoms with van der Waals surface area (Å²) in [5.41, 5.74) is 0. The van der Waals surface area contributed by atoms with Gasteiger partial charge in [0.2, 0.25) is 0 Å². The second kappa shape index (κ2) is 5.42. The van der Waals surface area contributed by atoms with E-state index in [1.165, 1.54) is 7.11 Å².